The van der Waals surface area contributed by atoms with Crippen LogP contribution in [-0.4, -0.2) is 13.4 Å². The fraction of sp³-hybridized carbons (Fsp3) is 0.308. The van der Waals surface area contributed by atoms with Gasteiger partial charge in [0.1, 0.15) is 0 Å². The standard InChI is InChI=1S/C104H112B2N4S2/c1-97(2,3)66-31-29-65(30-32-66)81-27-25-26-28-86(81)110-88-64-92-85(106-84-58-73(104(22,23)24)44-56-91(84)111-93-61-80(62-94(112-92)96(93)106)108(76-49-37-69(38-50-76)100(10,11)12)77-51-39-70(40-52-77)101(13,14)15)63-83(88)105-82-57-72(103(19,20)21)43-55-87(82)109(78-53-41-71(42-54-78)102(16,17)18)89-59-79(60-90(110)95(89)105)107(74-45-33-67(34-46-74)98(4,5)6)75-47-35-68(36-48-75)99(7,8)9/h25-64H,1-24H3. The summed E-state index contributed by atoms with van der Waals surface area (Å²) in [5.41, 5.74) is 34.1. The quantitative estimate of drug-likeness (QED) is 0.133. The molecule has 566 valence electrons. The first-order chi connectivity index (χ1) is 52.6. The van der Waals surface area contributed by atoms with Crippen molar-refractivity contribution in [3.63, 3.8) is 0 Å². The van der Waals surface area contributed by atoms with Crippen molar-refractivity contribution in [2.24, 2.45) is 0 Å². The number of benzene rings is 12. The van der Waals surface area contributed by atoms with Crippen LogP contribution < -0.4 is 52.4 Å². The van der Waals surface area contributed by atoms with Crippen molar-refractivity contribution in [2.75, 3.05) is 19.6 Å². The van der Waals surface area contributed by atoms with Crippen LogP contribution in [-0.2, 0) is 43.3 Å². The minimum absolute atomic E-state index is 0.00195. The van der Waals surface area contributed by atoms with Crippen molar-refractivity contribution in [1.82, 2.24) is 0 Å². The van der Waals surface area contributed by atoms with Gasteiger partial charge in [0.25, 0.3) is 6.71 Å². The molecule has 0 fully saturated rings. The van der Waals surface area contributed by atoms with Crippen LogP contribution in [0.1, 0.15) is 211 Å². The lowest BCUT2D eigenvalue weighted by Gasteiger charge is -2.46. The van der Waals surface area contributed by atoms with E-state index >= 15 is 0 Å². The molecule has 4 heterocycles. The smallest absolute Gasteiger partial charge is 0.252 e. The lowest BCUT2D eigenvalue weighted by atomic mass is 9.31. The number of hydrogen-bond donors (Lipinski definition) is 0. The maximum Gasteiger partial charge on any atom is 0.252 e. The summed E-state index contributed by atoms with van der Waals surface area (Å²) in [4.78, 5) is 15.6. The molecule has 16 rings (SSSR count). The van der Waals surface area contributed by atoms with E-state index in [1.54, 1.807) is 0 Å². The summed E-state index contributed by atoms with van der Waals surface area (Å²) in [6.45, 7) is 55.7. The second kappa shape index (κ2) is 27.2. The van der Waals surface area contributed by atoms with Crippen LogP contribution in [0.2, 0.25) is 0 Å². The first-order valence-corrected chi connectivity index (χ1v) is 42.3. The Kier molecular flexibility index (Phi) is 18.6. The zero-order chi connectivity index (χ0) is 79.6. The molecule has 4 aliphatic heterocycles. The molecule has 0 saturated heterocycles. The van der Waals surface area contributed by atoms with Gasteiger partial charge in [-0.3, -0.25) is 0 Å². The van der Waals surface area contributed by atoms with Gasteiger partial charge in [0, 0.05) is 82.0 Å². The van der Waals surface area contributed by atoms with E-state index in [1.807, 2.05) is 23.5 Å². The Morgan fingerprint density at radius 1 is 0.232 bits per heavy atom. The molecule has 0 bridgehead atoms. The molecule has 0 unspecified atom stereocenters. The molecule has 0 amide bonds. The van der Waals surface area contributed by atoms with E-state index < -0.39 is 0 Å². The van der Waals surface area contributed by atoms with Gasteiger partial charge in [-0.15, -0.1) is 0 Å². The number of hydrogen-bond acceptors (Lipinski definition) is 6. The van der Waals surface area contributed by atoms with Crippen LogP contribution in [0.4, 0.5) is 68.2 Å². The monoisotopic (exact) mass is 1500 g/mol. The third-order valence-corrected chi connectivity index (χ3v) is 26.3. The second-order valence-electron chi connectivity index (χ2n) is 40.5. The number of nitrogens with zero attached hydrogens (tertiary/aromatic N) is 4. The van der Waals surface area contributed by atoms with E-state index in [-0.39, 0.29) is 56.7 Å². The molecule has 0 N–H and O–H groups in total. The summed E-state index contributed by atoms with van der Waals surface area (Å²) in [6, 6.07) is 96.4. The zero-order valence-electron chi connectivity index (χ0n) is 70.9. The Morgan fingerprint density at radius 3 is 1.01 bits per heavy atom. The van der Waals surface area contributed by atoms with Crippen molar-refractivity contribution in [3.8, 4) is 11.1 Å². The Balaban J connectivity index is 1.02. The molecule has 112 heavy (non-hydrogen) atoms. The Hall–Kier alpha value is -9.33. The molecule has 0 saturated carbocycles. The maximum absolute atomic E-state index is 2.73. The van der Waals surface area contributed by atoms with Gasteiger partial charge < -0.3 is 19.6 Å². The van der Waals surface area contributed by atoms with Gasteiger partial charge in [-0.05, 0) is 224 Å². The second-order valence-corrected chi connectivity index (χ2v) is 42.6. The van der Waals surface area contributed by atoms with Crippen molar-refractivity contribution < 1.29 is 0 Å². The average Bonchev–Trinajstić information content (AvgIpc) is 0.684. The lowest BCUT2D eigenvalue weighted by molar-refractivity contribution is 0.590. The van der Waals surface area contributed by atoms with E-state index in [2.05, 4.69) is 428 Å². The van der Waals surface area contributed by atoms with Crippen LogP contribution in [0.5, 0.6) is 0 Å². The van der Waals surface area contributed by atoms with Gasteiger partial charge in [0.15, 0.2) is 0 Å². The van der Waals surface area contributed by atoms with Gasteiger partial charge in [-0.2, -0.15) is 0 Å². The topological polar surface area (TPSA) is 13.0 Å². The van der Waals surface area contributed by atoms with E-state index in [0.29, 0.717) is 0 Å². The summed E-state index contributed by atoms with van der Waals surface area (Å²) in [5, 5.41) is 0. The molecule has 0 aromatic heterocycles. The molecular formula is C104H112B2N4S2. The molecule has 4 aliphatic rings. The predicted octanol–water partition coefficient (Wildman–Crippen LogP) is 26.2. The molecule has 12 aromatic carbocycles. The zero-order valence-corrected chi connectivity index (χ0v) is 72.5. The van der Waals surface area contributed by atoms with Crippen molar-refractivity contribution in [3.05, 3.63) is 287 Å². The first kappa shape index (κ1) is 76.6. The number of anilines is 12. The van der Waals surface area contributed by atoms with Crippen molar-refractivity contribution >= 4 is 138 Å². The highest BCUT2D eigenvalue weighted by Crippen LogP contribution is 2.53. The SMILES string of the molecule is CC(C)(C)c1ccc(-c2ccccc2N2c3cc4c(cc3B3c5cc(C(C)(C)C)ccc5N(c5ccc(C(C)(C)C)cc5)c5cc(N(c6ccc(C(C)(C)C)cc6)c6ccc(C(C)(C)C)cc6)cc2c53)B2c3cc(C(C)(C)C)ccc3Sc3cc(N(c5ccc(C(C)(C)C)cc5)c5ccc(C(C)(C)C)cc5)cc(c32)S4)cc1. The van der Waals surface area contributed by atoms with Crippen LogP contribution in [0.3, 0.4) is 0 Å². The third-order valence-electron chi connectivity index (χ3n) is 24.0. The summed E-state index contributed by atoms with van der Waals surface area (Å²) < 4.78 is 0. The fourth-order valence-electron chi connectivity index (χ4n) is 17.2. The molecule has 0 radical (unpaired) electrons. The van der Waals surface area contributed by atoms with Gasteiger partial charge in [0.2, 0.25) is 6.71 Å². The Labute approximate surface area is 680 Å². The van der Waals surface area contributed by atoms with Crippen molar-refractivity contribution in [1.29, 1.82) is 0 Å². The first-order valence-electron chi connectivity index (χ1n) is 40.7. The van der Waals surface area contributed by atoms with Crippen LogP contribution >= 0.6 is 23.5 Å². The van der Waals surface area contributed by atoms with Gasteiger partial charge >= 0.3 is 0 Å². The highest BCUT2D eigenvalue weighted by atomic mass is 32.2. The van der Waals surface area contributed by atoms with Gasteiger partial charge in [-0.25, -0.2) is 0 Å². The fourth-order valence-corrected chi connectivity index (χ4v) is 19.7. The van der Waals surface area contributed by atoms with E-state index in [9.17, 15) is 0 Å². The summed E-state index contributed by atoms with van der Waals surface area (Å²) in [5.74, 6) is 0. The number of rotatable bonds is 9. The molecule has 0 aliphatic carbocycles. The summed E-state index contributed by atoms with van der Waals surface area (Å²) >= 11 is 3.92. The molecule has 4 nitrogen and oxygen atoms in total. The number of para-hydroxylation sites is 1. The molecule has 12 aromatic rings. The Bertz CT molecular complexity index is 5530. The normalized spacial score (nSPS) is 14.1. The van der Waals surface area contributed by atoms with E-state index in [1.165, 1.54) is 119 Å². The molecule has 8 heteroatoms. The average molecular weight is 1500 g/mol. The van der Waals surface area contributed by atoms with Crippen LogP contribution in [0.15, 0.2) is 262 Å². The predicted molar refractivity (Wildman–Crippen MR) is 491 cm³/mol. The van der Waals surface area contributed by atoms with Crippen LogP contribution in [0, 0.1) is 0 Å². The Morgan fingerprint density at radius 2 is 0.571 bits per heavy atom. The maximum atomic E-state index is 2.73. The van der Waals surface area contributed by atoms with Gasteiger partial charge in [0.05, 0.1) is 11.4 Å². The van der Waals surface area contributed by atoms with Crippen LogP contribution in [0.25, 0.3) is 11.1 Å². The lowest BCUT2D eigenvalue weighted by Crippen LogP contribution is -2.64. The van der Waals surface area contributed by atoms with E-state index in [4.69, 9.17) is 0 Å². The third kappa shape index (κ3) is 14.0. The molecule has 0 spiro atoms. The molecular weight excluding hydrogens is 1390 g/mol. The van der Waals surface area contributed by atoms with Crippen molar-refractivity contribution in [2.45, 2.75) is 229 Å². The number of fused-ring (bicyclic) bond motifs is 8. The van der Waals surface area contributed by atoms with Gasteiger partial charge in [-0.1, -0.05) is 334 Å². The minimum atomic E-state index is -0.198. The largest absolute Gasteiger partial charge is 0.311 e. The van der Waals surface area contributed by atoms with E-state index in [0.717, 1.165) is 56.9 Å². The summed E-state index contributed by atoms with van der Waals surface area (Å²) in [6.07, 6.45) is 0. The minimum Gasteiger partial charge on any atom is -0.311 e. The molecule has 0 atom stereocenters. The summed E-state index contributed by atoms with van der Waals surface area (Å²) in [7, 11) is 0. The highest BCUT2D eigenvalue weighted by Gasteiger charge is 2.48. The highest BCUT2D eigenvalue weighted by molar-refractivity contribution is 8.01.